The van der Waals surface area contributed by atoms with Gasteiger partial charge in [-0.3, -0.25) is 19.4 Å². The summed E-state index contributed by atoms with van der Waals surface area (Å²) in [6.07, 6.45) is 3.19. The molecule has 5 atom stereocenters. The maximum atomic E-state index is 17.7. The molecule has 0 spiro atoms. The summed E-state index contributed by atoms with van der Waals surface area (Å²) < 4.78 is 49.6. The molecule has 0 saturated carbocycles. The van der Waals surface area contributed by atoms with E-state index in [1.807, 2.05) is 45.9 Å². The normalized spacial score (nSPS) is 24.0. The maximum Gasteiger partial charge on any atom is 0.414 e. The Morgan fingerprint density at radius 1 is 1.05 bits per heavy atom. The van der Waals surface area contributed by atoms with E-state index >= 15 is 14.0 Å². The van der Waals surface area contributed by atoms with Crippen LogP contribution in [0.5, 0.6) is 11.6 Å². The number of ketones is 2. The molecule has 3 aliphatic carbocycles. The summed E-state index contributed by atoms with van der Waals surface area (Å²) in [6.45, 7) is 24.4. The van der Waals surface area contributed by atoms with Crippen LogP contribution in [0.4, 0.5) is 14.9 Å². The number of carbonyl (C=O) groups excluding carboxylic acids is 3. The molecule has 0 unspecified atom stereocenters. The Labute approximate surface area is 368 Å². The molecule has 13 nitrogen and oxygen atoms in total. The fourth-order valence-electron chi connectivity index (χ4n) is 9.40. The lowest BCUT2D eigenvalue weighted by Crippen LogP contribution is -2.65. The second-order valence-corrected chi connectivity index (χ2v) is 25.6. The molecule has 1 aliphatic heterocycles. The van der Waals surface area contributed by atoms with E-state index in [0.717, 1.165) is 19.3 Å². The quantitative estimate of drug-likeness (QED) is 0.145. The number of halogens is 1. The number of carbonyl (C=O) groups is 3. The summed E-state index contributed by atoms with van der Waals surface area (Å²) in [5.41, 5.74) is -2.40. The third kappa shape index (κ3) is 8.47. The number of aliphatic hydroxyl groups is 1. The first-order chi connectivity index (χ1) is 28.9. The van der Waals surface area contributed by atoms with Gasteiger partial charge < -0.3 is 33.6 Å². The monoisotopic (exact) mass is 882 g/mol. The van der Waals surface area contributed by atoms with Gasteiger partial charge in [0.05, 0.1) is 30.5 Å². The number of Topliss-reactive ketones (excluding diaryl/α,β-unsaturated/α-hetero) is 2. The minimum absolute atomic E-state index is 0.0142. The van der Waals surface area contributed by atoms with Gasteiger partial charge in [-0.2, -0.15) is 0 Å². The third-order valence-corrected chi connectivity index (χ3v) is 17.8. The fourth-order valence-corrected chi connectivity index (χ4v) is 10.9. The van der Waals surface area contributed by atoms with Gasteiger partial charge in [-0.25, -0.2) is 9.18 Å². The van der Waals surface area contributed by atoms with Gasteiger partial charge in [-0.15, -0.1) is 0 Å². The lowest BCUT2D eigenvalue weighted by molar-refractivity contribution is -0.0481. The highest BCUT2D eigenvalue weighted by atomic mass is 28.4. The zero-order valence-electron chi connectivity index (χ0n) is 39.6. The van der Waals surface area contributed by atoms with Crippen LogP contribution in [0.3, 0.4) is 0 Å². The van der Waals surface area contributed by atoms with E-state index in [1.54, 1.807) is 20.8 Å². The van der Waals surface area contributed by atoms with Crippen molar-refractivity contribution in [2.75, 3.05) is 38.8 Å². The van der Waals surface area contributed by atoms with Crippen LogP contribution >= 0.6 is 0 Å². The van der Waals surface area contributed by atoms with Crippen LogP contribution in [0.2, 0.25) is 18.1 Å². The molecule has 0 fully saturated rings. The lowest BCUT2D eigenvalue weighted by Gasteiger charge is -2.55. The number of hydrogen-bond acceptors (Lipinski definition) is 12. The Kier molecular flexibility index (Phi) is 13.6. The van der Waals surface area contributed by atoms with Crippen molar-refractivity contribution in [2.24, 2.45) is 17.8 Å². The van der Waals surface area contributed by atoms with Crippen molar-refractivity contribution < 1.29 is 47.0 Å². The Morgan fingerprint density at radius 2 is 1.69 bits per heavy atom. The second kappa shape index (κ2) is 17.6. The summed E-state index contributed by atoms with van der Waals surface area (Å²) in [4.78, 5) is 48.9. The van der Waals surface area contributed by atoms with E-state index in [9.17, 15) is 9.90 Å². The molecule has 15 heteroatoms. The highest BCUT2D eigenvalue weighted by Gasteiger charge is 2.67. The van der Waals surface area contributed by atoms with E-state index in [2.05, 4.69) is 45.1 Å². The Balaban J connectivity index is 1.64. The van der Waals surface area contributed by atoms with Gasteiger partial charge in [-0.05, 0) is 102 Å². The molecule has 4 aliphatic rings. The summed E-state index contributed by atoms with van der Waals surface area (Å²) in [6, 6.07) is -0.863. The second-order valence-electron chi connectivity index (χ2n) is 20.9. The van der Waals surface area contributed by atoms with Crippen molar-refractivity contribution in [1.29, 1.82) is 0 Å². The number of nitrogens with zero attached hydrogens (tertiary/aromatic N) is 3. The number of allylic oxidation sites excluding steroid dienone is 1. The zero-order chi connectivity index (χ0) is 45.9. The van der Waals surface area contributed by atoms with Crippen molar-refractivity contribution in [3.05, 3.63) is 45.2 Å². The van der Waals surface area contributed by atoms with Gasteiger partial charge in [-0.1, -0.05) is 61.3 Å². The minimum atomic E-state index is -2.97. The zero-order valence-corrected chi connectivity index (χ0v) is 40.6. The van der Waals surface area contributed by atoms with Crippen LogP contribution in [-0.2, 0) is 22.1 Å². The van der Waals surface area contributed by atoms with E-state index in [0.29, 0.717) is 25.2 Å². The number of aliphatic hydroxyl groups excluding tert-OH is 1. The Bertz CT molecular complexity index is 2080. The maximum absolute atomic E-state index is 17.7. The molecule has 0 saturated heterocycles. The van der Waals surface area contributed by atoms with E-state index in [4.69, 9.17) is 23.2 Å². The first kappa shape index (κ1) is 47.7. The molecule has 1 aromatic heterocycles. The first-order valence-corrected chi connectivity index (χ1v) is 25.6. The van der Waals surface area contributed by atoms with E-state index in [1.165, 1.54) is 4.90 Å². The van der Waals surface area contributed by atoms with Crippen molar-refractivity contribution in [3.63, 3.8) is 0 Å². The number of hydrogen-bond donors (Lipinski definition) is 2. The van der Waals surface area contributed by atoms with E-state index < -0.39 is 71.7 Å². The summed E-state index contributed by atoms with van der Waals surface area (Å²) in [5, 5.41) is 20.5. The predicted octanol–water partition coefficient (Wildman–Crippen LogP) is 9.88. The number of unbranched alkanes of at least 4 members (excludes halogenated alkanes) is 2. The van der Waals surface area contributed by atoms with Crippen LogP contribution in [0.15, 0.2) is 15.9 Å². The van der Waals surface area contributed by atoms with Crippen LogP contribution in [-0.4, -0.2) is 92.2 Å². The molecule has 0 bridgehead atoms. The average molecular weight is 883 g/mol. The van der Waals surface area contributed by atoms with Crippen molar-refractivity contribution in [2.45, 2.75) is 162 Å². The predicted molar refractivity (Wildman–Crippen MR) is 238 cm³/mol. The summed E-state index contributed by atoms with van der Waals surface area (Å²) in [7, 11) is 0.759. The lowest BCUT2D eigenvalue weighted by atomic mass is 9.58. The number of fused-ring (bicyclic) bond motifs is 5. The topological polar surface area (TPSA) is 153 Å². The van der Waals surface area contributed by atoms with Crippen molar-refractivity contribution in [1.82, 2.24) is 15.4 Å². The van der Waals surface area contributed by atoms with E-state index in [-0.39, 0.29) is 89.6 Å². The van der Waals surface area contributed by atoms with Crippen LogP contribution in [0.25, 0.3) is 0 Å². The van der Waals surface area contributed by atoms with Crippen LogP contribution in [0.1, 0.15) is 151 Å². The molecular weight excluding hydrogens is 812 g/mol. The molecule has 62 heavy (non-hydrogen) atoms. The first-order valence-electron chi connectivity index (χ1n) is 22.7. The molecule has 1 amide bonds. The minimum Gasteiger partial charge on any atom is -0.508 e. The number of anilines is 1. The van der Waals surface area contributed by atoms with Gasteiger partial charge >= 0.3 is 6.09 Å². The van der Waals surface area contributed by atoms with Crippen molar-refractivity contribution >= 4 is 31.7 Å². The van der Waals surface area contributed by atoms with Crippen LogP contribution in [0, 0.1) is 23.6 Å². The smallest absolute Gasteiger partial charge is 0.414 e. The molecule has 344 valence electrons. The average Bonchev–Trinajstić information content (AvgIpc) is 3.47. The number of benzene rings is 1. The number of rotatable bonds is 13. The largest absolute Gasteiger partial charge is 0.508 e. The van der Waals surface area contributed by atoms with Crippen molar-refractivity contribution in [3.8, 4) is 11.6 Å². The summed E-state index contributed by atoms with van der Waals surface area (Å²) >= 11 is 0. The highest BCUT2D eigenvalue weighted by molar-refractivity contribution is 6.74. The highest BCUT2D eigenvalue weighted by Crippen LogP contribution is 2.60. The molecule has 0 radical (unpaired) electrons. The molecular formula is C47H71FN4O9Si. The van der Waals surface area contributed by atoms with Gasteiger partial charge in [0.25, 0.3) is 5.88 Å². The van der Waals surface area contributed by atoms with Gasteiger partial charge in [0, 0.05) is 41.7 Å². The number of ether oxygens (including phenoxy) is 3. The molecule has 2 heterocycles. The number of amides is 1. The standard InChI is InChI=1S/C47H71FN4O9Si/c1-15-17-19-57-39-33-29(35(48)30-24-49-28(21-26(3)4)25-52(36(30)39)44(56)59-45(5,6)7)22-27-23-31-37(51(11)12)40-34(43(50-60-40)58-20-18-16-2)42(55)47(31,41(54)32(27)38(33)53)61-62(13,14)46(8,9)10/h26-28,31,37,49,54H,15-25H2,1-14H3/t27-,28+,31-,37-,47-/m0/s1. The molecule has 1 aromatic carbocycles. The molecule has 2 N–H and O–H groups in total. The fraction of sp³-hybridized carbons (Fsp3) is 0.702. The Hall–Kier alpha value is -3.79. The number of aromatic nitrogens is 1. The summed E-state index contributed by atoms with van der Waals surface area (Å²) in [5.74, 6) is -3.16. The van der Waals surface area contributed by atoms with Gasteiger partial charge in [0.15, 0.2) is 31.2 Å². The molecule has 2 aromatic rings. The Morgan fingerprint density at radius 3 is 2.27 bits per heavy atom. The van der Waals surface area contributed by atoms with Gasteiger partial charge in [0.1, 0.15) is 22.7 Å². The third-order valence-electron chi connectivity index (χ3n) is 13.3. The molecule has 6 rings (SSSR count). The van der Waals surface area contributed by atoms with Crippen LogP contribution < -0.4 is 19.7 Å². The SMILES string of the molecule is CCCCOc1noc2c1C(=O)[C@@]1(O[Si](C)(C)C(C)(C)C)C(O)=C3C(=O)c4c(c(F)c5c(c4OCCCC)N(C(=O)OC(C)(C)C)C[C@@H](CC(C)C)NC5)C[C@H]3C[C@H]1[C@@H]2N(C)C. The van der Waals surface area contributed by atoms with Gasteiger partial charge in [0.2, 0.25) is 5.78 Å². The number of nitrogens with one attached hydrogen (secondary N) is 1.